The van der Waals surface area contributed by atoms with Gasteiger partial charge in [-0.1, -0.05) is 0 Å². The molecule has 2 nitrogen and oxygen atoms in total. The fourth-order valence-corrected chi connectivity index (χ4v) is 0.196. The van der Waals surface area contributed by atoms with Gasteiger partial charge in [-0.3, -0.25) is 0 Å². The summed E-state index contributed by atoms with van der Waals surface area (Å²) in [4.78, 5) is 8.60. The van der Waals surface area contributed by atoms with Gasteiger partial charge in [-0.15, -0.1) is 0 Å². The van der Waals surface area contributed by atoms with Crippen LogP contribution in [0.2, 0.25) is 0 Å². The second-order valence-electron chi connectivity index (χ2n) is 0.753. The van der Waals surface area contributed by atoms with Gasteiger partial charge in [-0.05, 0) is 6.08 Å². The summed E-state index contributed by atoms with van der Waals surface area (Å²) in [5.74, 6) is 0. The van der Waals surface area contributed by atoms with Crippen LogP contribution < -0.4 is 0 Å². The molecule has 0 radical (unpaired) electrons. The first-order valence-corrected chi connectivity index (χ1v) is 1.43. The van der Waals surface area contributed by atoms with Gasteiger partial charge in [0.1, 0.15) is 12.9 Å². The summed E-state index contributed by atoms with van der Waals surface area (Å²) in [5.41, 5.74) is 0. The van der Waals surface area contributed by atoms with E-state index in [0.717, 1.165) is 0 Å². The maximum atomic E-state index is 4.33. The Labute approximate surface area is 29.9 Å². The lowest BCUT2D eigenvalue weighted by Gasteiger charge is -1.80. The van der Waals surface area contributed by atoms with Crippen LogP contribution in [-0.4, -0.2) is 6.61 Å². The third-order valence-electron chi connectivity index (χ3n) is 0.384. The summed E-state index contributed by atoms with van der Waals surface area (Å²) in [7, 11) is 0. The molecular formula is C3H4O2. The molecule has 0 aromatic heterocycles. The first-order valence-electron chi connectivity index (χ1n) is 1.43. The minimum atomic E-state index is 0.597. The van der Waals surface area contributed by atoms with Gasteiger partial charge in [-0.2, -0.15) is 4.89 Å². The third kappa shape index (κ3) is 0.389. The van der Waals surface area contributed by atoms with Crippen LogP contribution in [0.3, 0.4) is 0 Å². The maximum absolute atomic E-state index is 4.33. The Morgan fingerprint density at radius 2 is 2.60 bits per heavy atom. The van der Waals surface area contributed by atoms with Crippen LogP contribution in [0.15, 0.2) is 12.3 Å². The summed E-state index contributed by atoms with van der Waals surface area (Å²) in [6.07, 6.45) is 3.31. The van der Waals surface area contributed by atoms with Crippen LogP contribution in [0.4, 0.5) is 0 Å². The standard InChI is InChI=1S/C3H4O2/c1-2-4-5-3-1/h1-2H,3H2. The van der Waals surface area contributed by atoms with Crippen LogP contribution in [-0.2, 0) is 9.78 Å². The van der Waals surface area contributed by atoms with E-state index in [4.69, 9.17) is 0 Å². The second kappa shape index (κ2) is 1.08. The Bertz CT molecular complexity index is 42.9. The van der Waals surface area contributed by atoms with E-state index in [0.29, 0.717) is 6.61 Å². The largest absolute Gasteiger partial charge is 0.345 e. The SMILES string of the molecule is C1=COOC1. The maximum Gasteiger partial charge on any atom is 0.128 e. The van der Waals surface area contributed by atoms with E-state index in [9.17, 15) is 0 Å². The van der Waals surface area contributed by atoms with Crippen molar-refractivity contribution in [3.05, 3.63) is 12.3 Å². The lowest BCUT2D eigenvalue weighted by atomic mass is 10.7. The predicted molar refractivity (Wildman–Crippen MR) is 16.2 cm³/mol. The van der Waals surface area contributed by atoms with Crippen molar-refractivity contribution < 1.29 is 9.78 Å². The van der Waals surface area contributed by atoms with Gasteiger partial charge >= 0.3 is 0 Å². The molecule has 0 fully saturated rings. The van der Waals surface area contributed by atoms with Crippen LogP contribution in [0.1, 0.15) is 0 Å². The van der Waals surface area contributed by atoms with Crippen molar-refractivity contribution in [3.63, 3.8) is 0 Å². The normalized spacial score (nSPS) is 19.2. The van der Waals surface area contributed by atoms with Crippen LogP contribution >= 0.6 is 0 Å². The molecular weight excluding hydrogens is 68.0 g/mol. The summed E-state index contributed by atoms with van der Waals surface area (Å²) in [6.45, 7) is 0.597. The number of rotatable bonds is 0. The van der Waals surface area contributed by atoms with Crippen LogP contribution in [0.25, 0.3) is 0 Å². The van der Waals surface area contributed by atoms with E-state index in [2.05, 4.69) is 9.78 Å². The first kappa shape index (κ1) is 2.72. The Balaban J connectivity index is 2.32. The zero-order chi connectivity index (χ0) is 3.54. The number of hydrogen-bond acceptors (Lipinski definition) is 2. The molecule has 0 saturated heterocycles. The average Bonchev–Trinajstić information content (AvgIpc) is 1.76. The Morgan fingerprint density at radius 1 is 1.60 bits per heavy atom. The van der Waals surface area contributed by atoms with Gasteiger partial charge in [0.2, 0.25) is 0 Å². The van der Waals surface area contributed by atoms with Crippen molar-refractivity contribution in [1.29, 1.82) is 0 Å². The summed E-state index contributed by atoms with van der Waals surface area (Å²) >= 11 is 0. The van der Waals surface area contributed by atoms with E-state index in [1.807, 2.05) is 0 Å². The molecule has 0 saturated carbocycles. The van der Waals surface area contributed by atoms with Gasteiger partial charge in [-0.25, -0.2) is 0 Å². The quantitative estimate of drug-likeness (QED) is 0.387. The fourth-order valence-electron chi connectivity index (χ4n) is 0.196. The third-order valence-corrected chi connectivity index (χ3v) is 0.384. The zero-order valence-electron chi connectivity index (χ0n) is 2.68. The van der Waals surface area contributed by atoms with Crippen molar-refractivity contribution in [3.8, 4) is 0 Å². The van der Waals surface area contributed by atoms with E-state index < -0.39 is 0 Å². The Kier molecular flexibility index (Phi) is 0.588. The van der Waals surface area contributed by atoms with Gasteiger partial charge in [0.15, 0.2) is 0 Å². The Morgan fingerprint density at radius 3 is 2.80 bits per heavy atom. The van der Waals surface area contributed by atoms with E-state index >= 15 is 0 Å². The van der Waals surface area contributed by atoms with Gasteiger partial charge in [0.25, 0.3) is 0 Å². The molecule has 1 rings (SSSR count). The molecule has 0 spiro atoms. The lowest BCUT2D eigenvalue weighted by molar-refractivity contribution is -0.221. The van der Waals surface area contributed by atoms with E-state index in [1.165, 1.54) is 6.26 Å². The highest BCUT2D eigenvalue weighted by molar-refractivity contribution is 4.73. The molecule has 1 heterocycles. The molecule has 0 aromatic carbocycles. The molecule has 0 atom stereocenters. The van der Waals surface area contributed by atoms with Crippen molar-refractivity contribution in [2.24, 2.45) is 0 Å². The van der Waals surface area contributed by atoms with Crippen LogP contribution in [0.5, 0.6) is 0 Å². The molecule has 0 amide bonds. The van der Waals surface area contributed by atoms with Crippen molar-refractivity contribution >= 4 is 0 Å². The highest BCUT2D eigenvalue weighted by Crippen LogP contribution is 1.88. The summed E-state index contributed by atoms with van der Waals surface area (Å²) in [6, 6.07) is 0. The van der Waals surface area contributed by atoms with E-state index in [-0.39, 0.29) is 0 Å². The molecule has 0 aliphatic carbocycles. The van der Waals surface area contributed by atoms with Gasteiger partial charge in [0.05, 0.1) is 0 Å². The molecule has 28 valence electrons. The van der Waals surface area contributed by atoms with Gasteiger partial charge < -0.3 is 4.89 Å². The second-order valence-corrected chi connectivity index (χ2v) is 0.753. The predicted octanol–water partition coefficient (Wildman–Crippen LogP) is 0.462. The fraction of sp³-hybridized carbons (Fsp3) is 0.333. The number of hydrogen-bond donors (Lipinski definition) is 0. The monoisotopic (exact) mass is 72.0 g/mol. The van der Waals surface area contributed by atoms with Crippen LogP contribution in [0, 0.1) is 0 Å². The smallest absolute Gasteiger partial charge is 0.128 e. The summed E-state index contributed by atoms with van der Waals surface area (Å²) in [5, 5.41) is 0. The average molecular weight is 72.1 g/mol. The highest BCUT2D eigenvalue weighted by Gasteiger charge is 1.84. The molecule has 1 aliphatic rings. The topological polar surface area (TPSA) is 18.5 Å². The molecule has 0 bridgehead atoms. The highest BCUT2D eigenvalue weighted by atomic mass is 17.2. The van der Waals surface area contributed by atoms with E-state index in [1.54, 1.807) is 6.08 Å². The first-order chi connectivity index (χ1) is 2.50. The minimum absolute atomic E-state index is 0.597. The molecule has 2 heteroatoms. The molecule has 0 unspecified atom stereocenters. The summed E-state index contributed by atoms with van der Waals surface area (Å²) < 4.78 is 0. The molecule has 0 N–H and O–H groups in total. The Hall–Kier alpha value is -0.500. The zero-order valence-corrected chi connectivity index (χ0v) is 2.68. The minimum Gasteiger partial charge on any atom is -0.345 e. The van der Waals surface area contributed by atoms with Gasteiger partial charge in [0, 0.05) is 0 Å². The van der Waals surface area contributed by atoms with Crippen molar-refractivity contribution in [2.75, 3.05) is 6.61 Å². The van der Waals surface area contributed by atoms with Crippen molar-refractivity contribution in [2.45, 2.75) is 0 Å². The lowest BCUT2D eigenvalue weighted by Crippen LogP contribution is -1.73. The molecule has 0 aromatic rings. The molecule has 5 heavy (non-hydrogen) atoms. The molecule has 1 aliphatic heterocycles. The van der Waals surface area contributed by atoms with Crippen molar-refractivity contribution in [1.82, 2.24) is 0 Å².